The number of para-hydroxylation sites is 1. The maximum atomic E-state index is 4.13. The van der Waals surface area contributed by atoms with Crippen molar-refractivity contribution in [3.8, 4) is 21.8 Å². The lowest BCUT2D eigenvalue weighted by molar-refractivity contribution is 0.715. The van der Waals surface area contributed by atoms with Crippen molar-refractivity contribution in [1.82, 2.24) is 20.2 Å². The SMILES string of the molecule is Cn1nnnc1-c1cc(Nc2ccccc2)cc(-c2cccs2)c1. The zero-order valence-electron chi connectivity index (χ0n) is 13.0. The first kappa shape index (κ1) is 14.6. The Hall–Kier alpha value is -2.99. The van der Waals surface area contributed by atoms with Gasteiger partial charge in [0.15, 0.2) is 5.82 Å². The van der Waals surface area contributed by atoms with Gasteiger partial charge in [-0.3, -0.25) is 0 Å². The van der Waals surface area contributed by atoms with Crippen molar-refractivity contribution in [2.75, 3.05) is 5.32 Å². The van der Waals surface area contributed by atoms with Crippen molar-refractivity contribution in [3.05, 3.63) is 66.0 Å². The minimum atomic E-state index is 0.740. The third-order valence-electron chi connectivity index (χ3n) is 3.68. The lowest BCUT2D eigenvalue weighted by atomic mass is 10.1. The Morgan fingerprint density at radius 3 is 2.46 bits per heavy atom. The number of tetrazole rings is 1. The molecule has 118 valence electrons. The molecule has 0 aliphatic carbocycles. The van der Waals surface area contributed by atoms with Crippen molar-refractivity contribution < 1.29 is 0 Å². The van der Waals surface area contributed by atoms with E-state index in [4.69, 9.17) is 0 Å². The number of anilines is 2. The summed E-state index contributed by atoms with van der Waals surface area (Å²) in [7, 11) is 1.84. The van der Waals surface area contributed by atoms with E-state index in [0.29, 0.717) is 0 Å². The summed E-state index contributed by atoms with van der Waals surface area (Å²) in [6.45, 7) is 0. The van der Waals surface area contributed by atoms with E-state index in [1.807, 2.05) is 37.4 Å². The van der Waals surface area contributed by atoms with Crippen molar-refractivity contribution in [1.29, 1.82) is 0 Å². The van der Waals surface area contributed by atoms with E-state index >= 15 is 0 Å². The smallest absolute Gasteiger partial charge is 0.181 e. The van der Waals surface area contributed by atoms with E-state index < -0.39 is 0 Å². The molecular weight excluding hydrogens is 318 g/mol. The first-order chi connectivity index (χ1) is 11.8. The summed E-state index contributed by atoms with van der Waals surface area (Å²) in [5.41, 5.74) is 4.17. The van der Waals surface area contributed by atoms with Gasteiger partial charge >= 0.3 is 0 Å². The Balaban J connectivity index is 1.81. The second kappa shape index (κ2) is 6.25. The largest absolute Gasteiger partial charge is 0.355 e. The van der Waals surface area contributed by atoms with Crippen molar-refractivity contribution >= 4 is 22.7 Å². The third-order valence-corrected chi connectivity index (χ3v) is 4.60. The molecule has 0 fully saturated rings. The molecule has 0 atom stereocenters. The molecule has 0 saturated carbocycles. The maximum Gasteiger partial charge on any atom is 0.181 e. The molecule has 0 saturated heterocycles. The normalized spacial score (nSPS) is 10.7. The molecule has 0 aliphatic heterocycles. The maximum absolute atomic E-state index is 4.13. The Bertz CT molecular complexity index is 945. The van der Waals surface area contributed by atoms with Crippen LogP contribution in [0.2, 0.25) is 0 Å². The molecule has 0 aliphatic rings. The van der Waals surface area contributed by atoms with Crippen molar-refractivity contribution in [2.24, 2.45) is 7.05 Å². The quantitative estimate of drug-likeness (QED) is 0.603. The molecule has 0 amide bonds. The molecule has 24 heavy (non-hydrogen) atoms. The van der Waals surface area contributed by atoms with Crippen LogP contribution in [0, 0.1) is 0 Å². The van der Waals surface area contributed by atoms with Crippen LogP contribution in [-0.2, 0) is 7.05 Å². The molecule has 0 unspecified atom stereocenters. The highest BCUT2D eigenvalue weighted by atomic mass is 32.1. The van der Waals surface area contributed by atoms with Gasteiger partial charge in [-0.05, 0) is 57.8 Å². The van der Waals surface area contributed by atoms with Crippen LogP contribution in [0.15, 0.2) is 66.0 Å². The van der Waals surface area contributed by atoms with Gasteiger partial charge in [-0.2, -0.15) is 0 Å². The van der Waals surface area contributed by atoms with Crippen LogP contribution < -0.4 is 5.32 Å². The summed E-state index contributed by atoms with van der Waals surface area (Å²) in [4.78, 5) is 1.21. The van der Waals surface area contributed by atoms with E-state index in [9.17, 15) is 0 Å². The number of hydrogen-bond acceptors (Lipinski definition) is 5. The van der Waals surface area contributed by atoms with Gasteiger partial charge in [0.05, 0.1) is 0 Å². The average Bonchev–Trinajstić information content (AvgIpc) is 3.27. The fourth-order valence-corrected chi connectivity index (χ4v) is 3.29. The second-order valence-electron chi connectivity index (χ2n) is 5.39. The van der Waals surface area contributed by atoms with E-state index in [1.165, 1.54) is 4.88 Å². The van der Waals surface area contributed by atoms with E-state index in [2.05, 4.69) is 56.6 Å². The first-order valence-corrected chi connectivity index (χ1v) is 8.41. The minimum Gasteiger partial charge on any atom is -0.355 e. The van der Waals surface area contributed by atoms with Gasteiger partial charge in [0.2, 0.25) is 0 Å². The number of aryl methyl sites for hydroxylation is 1. The highest BCUT2D eigenvalue weighted by Crippen LogP contribution is 2.32. The fourth-order valence-electron chi connectivity index (χ4n) is 2.58. The van der Waals surface area contributed by atoms with Crippen LogP contribution in [0.1, 0.15) is 0 Å². The first-order valence-electron chi connectivity index (χ1n) is 7.53. The fraction of sp³-hybridized carbons (Fsp3) is 0.0556. The Morgan fingerprint density at radius 2 is 1.75 bits per heavy atom. The lowest BCUT2D eigenvalue weighted by Gasteiger charge is -2.11. The summed E-state index contributed by atoms with van der Waals surface area (Å²) in [5.74, 6) is 0.740. The molecule has 4 aromatic rings. The van der Waals surface area contributed by atoms with Crippen LogP contribution in [0.3, 0.4) is 0 Å². The summed E-state index contributed by atoms with van der Waals surface area (Å²) in [6, 6.07) is 20.6. The standard InChI is InChI=1S/C18H15N5S/c1-23-18(20-21-22-23)14-10-13(17-8-5-9-24-17)11-16(12-14)19-15-6-3-2-4-7-15/h2-12,19H,1H3. The van der Waals surface area contributed by atoms with Crippen LogP contribution >= 0.6 is 11.3 Å². The van der Waals surface area contributed by atoms with Gasteiger partial charge in [-0.1, -0.05) is 24.3 Å². The molecule has 5 nitrogen and oxygen atoms in total. The summed E-state index contributed by atoms with van der Waals surface area (Å²) >= 11 is 1.71. The summed E-state index contributed by atoms with van der Waals surface area (Å²) < 4.78 is 1.68. The molecule has 2 heterocycles. The van der Waals surface area contributed by atoms with E-state index in [-0.39, 0.29) is 0 Å². The van der Waals surface area contributed by atoms with E-state index in [1.54, 1.807) is 16.0 Å². The van der Waals surface area contributed by atoms with Crippen LogP contribution in [-0.4, -0.2) is 20.2 Å². The number of nitrogens with one attached hydrogen (secondary N) is 1. The van der Waals surface area contributed by atoms with Crippen LogP contribution in [0.5, 0.6) is 0 Å². The van der Waals surface area contributed by atoms with Crippen molar-refractivity contribution in [2.45, 2.75) is 0 Å². The number of rotatable bonds is 4. The highest BCUT2D eigenvalue weighted by Gasteiger charge is 2.11. The highest BCUT2D eigenvalue weighted by molar-refractivity contribution is 7.13. The average molecular weight is 333 g/mol. The molecule has 0 radical (unpaired) electrons. The van der Waals surface area contributed by atoms with Gasteiger partial charge in [0.1, 0.15) is 0 Å². The number of aromatic nitrogens is 4. The monoisotopic (exact) mass is 333 g/mol. The van der Waals surface area contributed by atoms with Crippen LogP contribution in [0.25, 0.3) is 21.8 Å². The van der Waals surface area contributed by atoms with Crippen LogP contribution in [0.4, 0.5) is 11.4 Å². The van der Waals surface area contributed by atoms with Crippen molar-refractivity contribution in [3.63, 3.8) is 0 Å². The molecule has 0 spiro atoms. The molecule has 6 heteroatoms. The predicted octanol–water partition coefficient (Wildman–Crippen LogP) is 4.35. The number of hydrogen-bond donors (Lipinski definition) is 1. The lowest BCUT2D eigenvalue weighted by Crippen LogP contribution is -1.97. The number of thiophene rings is 1. The molecule has 2 aromatic carbocycles. The molecular formula is C18H15N5S. The second-order valence-corrected chi connectivity index (χ2v) is 6.34. The van der Waals surface area contributed by atoms with Gasteiger partial charge in [0, 0.05) is 28.9 Å². The minimum absolute atomic E-state index is 0.740. The molecule has 1 N–H and O–H groups in total. The molecule has 4 rings (SSSR count). The topological polar surface area (TPSA) is 55.6 Å². The van der Waals surface area contributed by atoms with Gasteiger partial charge in [-0.15, -0.1) is 16.4 Å². The molecule has 0 bridgehead atoms. The third kappa shape index (κ3) is 2.91. The Morgan fingerprint density at radius 1 is 0.917 bits per heavy atom. The van der Waals surface area contributed by atoms with Gasteiger partial charge in [-0.25, -0.2) is 4.68 Å². The molecule has 2 aromatic heterocycles. The zero-order valence-corrected chi connectivity index (χ0v) is 13.9. The summed E-state index contributed by atoms with van der Waals surface area (Å²) in [5, 5.41) is 17.4. The Kier molecular flexibility index (Phi) is 3.80. The van der Waals surface area contributed by atoms with Gasteiger partial charge < -0.3 is 5.32 Å². The summed E-state index contributed by atoms with van der Waals surface area (Å²) in [6.07, 6.45) is 0. The number of nitrogens with zero attached hydrogens (tertiary/aromatic N) is 4. The number of benzene rings is 2. The Labute approximate surface area is 143 Å². The van der Waals surface area contributed by atoms with E-state index in [0.717, 1.165) is 28.3 Å². The van der Waals surface area contributed by atoms with Gasteiger partial charge in [0.25, 0.3) is 0 Å². The predicted molar refractivity (Wildman–Crippen MR) is 97.3 cm³/mol. The zero-order chi connectivity index (χ0) is 16.4.